The fourth-order valence-corrected chi connectivity index (χ4v) is 2.02. The molecule has 4 N–H and O–H groups in total. The van der Waals surface area contributed by atoms with E-state index >= 15 is 0 Å². The summed E-state index contributed by atoms with van der Waals surface area (Å²) in [6.45, 7) is 0.509. The van der Waals surface area contributed by atoms with Gasteiger partial charge in [-0.05, 0) is 17.5 Å². The third-order valence-electron chi connectivity index (χ3n) is 2.22. The first kappa shape index (κ1) is 11.6. The van der Waals surface area contributed by atoms with Crippen LogP contribution in [0.3, 0.4) is 0 Å². The minimum Gasteiger partial charge on any atom is -0.347 e. The van der Waals surface area contributed by atoms with Crippen molar-refractivity contribution in [3.63, 3.8) is 0 Å². The van der Waals surface area contributed by atoms with Crippen LogP contribution >= 0.6 is 11.3 Å². The van der Waals surface area contributed by atoms with Gasteiger partial charge in [0.1, 0.15) is 0 Å². The SMILES string of the molecule is NNc1ccncc1C(=O)NCc1cccs1. The molecule has 0 aliphatic heterocycles. The van der Waals surface area contributed by atoms with Crippen LogP contribution in [-0.2, 0) is 6.54 Å². The van der Waals surface area contributed by atoms with Crippen LogP contribution in [-0.4, -0.2) is 10.9 Å². The molecule has 0 saturated heterocycles. The van der Waals surface area contributed by atoms with Gasteiger partial charge in [-0.1, -0.05) is 6.07 Å². The van der Waals surface area contributed by atoms with Crippen molar-refractivity contribution in [1.29, 1.82) is 0 Å². The quantitative estimate of drug-likeness (QED) is 0.564. The number of carbonyl (C=O) groups excluding carboxylic acids is 1. The summed E-state index contributed by atoms with van der Waals surface area (Å²) < 4.78 is 0. The predicted octanol–water partition coefficient (Wildman–Crippen LogP) is 1.36. The van der Waals surface area contributed by atoms with Gasteiger partial charge < -0.3 is 10.7 Å². The number of nitrogens with two attached hydrogens (primary N) is 1. The number of carbonyl (C=O) groups is 1. The Bertz CT molecular complexity index is 498. The average Bonchev–Trinajstić information content (AvgIpc) is 2.89. The lowest BCUT2D eigenvalue weighted by molar-refractivity contribution is 0.0951. The molecule has 2 aromatic heterocycles. The minimum absolute atomic E-state index is 0.195. The lowest BCUT2D eigenvalue weighted by atomic mass is 10.2. The molecule has 0 aliphatic rings. The molecule has 1 amide bonds. The molecule has 0 radical (unpaired) electrons. The summed E-state index contributed by atoms with van der Waals surface area (Å²) >= 11 is 1.60. The molecule has 2 aromatic rings. The average molecular weight is 248 g/mol. The molecule has 0 atom stereocenters. The van der Waals surface area contributed by atoms with E-state index in [-0.39, 0.29) is 5.91 Å². The van der Waals surface area contributed by atoms with Crippen molar-refractivity contribution in [2.75, 3.05) is 5.43 Å². The number of hydrogen-bond donors (Lipinski definition) is 3. The van der Waals surface area contributed by atoms with E-state index < -0.39 is 0 Å². The van der Waals surface area contributed by atoms with Gasteiger partial charge in [-0.2, -0.15) is 0 Å². The van der Waals surface area contributed by atoms with Crippen LogP contribution in [0, 0.1) is 0 Å². The van der Waals surface area contributed by atoms with Gasteiger partial charge in [0.2, 0.25) is 0 Å². The molecule has 17 heavy (non-hydrogen) atoms. The third kappa shape index (κ3) is 2.80. The van der Waals surface area contributed by atoms with Gasteiger partial charge >= 0.3 is 0 Å². The maximum absolute atomic E-state index is 11.9. The zero-order valence-electron chi connectivity index (χ0n) is 9.01. The number of aromatic nitrogens is 1. The van der Waals surface area contributed by atoms with E-state index in [4.69, 9.17) is 5.84 Å². The minimum atomic E-state index is -0.195. The first-order valence-corrected chi connectivity index (χ1v) is 5.90. The van der Waals surface area contributed by atoms with Crippen molar-refractivity contribution < 1.29 is 4.79 Å². The van der Waals surface area contributed by atoms with Gasteiger partial charge in [-0.25, -0.2) is 0 Å². The van der Waals surface area contributed by atoms with E-state index in [1.807, 2.05) is 17.5 Å². The first-order chi connectivity index (χ1) is 8.31. The number of hydrogen-bond acceptors (Lipinski definition) is 5. The smallest absolute Gasteiger partial charge is 0.255 e. The van der Waals surface area contributed by atoms with E-state index in [0.717, 1.165) is 4.88 Å². The number of anilines is 1. The summed E-state index contributed by atoms with van der Waals surface area (Å²) in [4.78, 5) is 16.9. The van der Waals surface area contributed by atoms with Crippen molar-refractivity contribution in [2.24, 2.45) is 5.84 Å². The van der Waals surface area contributed by atoms with Crippen LogP contribution in [0.4, 0.5) is 5.69 Å². The van der Waals surface area contributed by atoms with Gasteiger partial charge in [-0.3, -0.25) is 15.6 Å². The summed E-state index contributed by atoms with van der Waals surface area (Å²) in [6, 6.07) is 5.57. The van der Waals surface area contributed by atoms with Crippen molar-refractivity contribution >= 4 is 22.9 Å². The summed E-state index contributed by atoms with van der Waals surface area (Å²) in [5.74, 6) is 5.13. The summed E-state index contributed by atoms with van der Waals surface area (Å²) in [5.41, 5.74) is 3.47. The lowest BCUT2D eigenvalue weighted by Gasteiger charge is -2.07. The van der Waals surface area contributed by atoms with Crippen LogP contribution in [0.5, 0.6) is 0 Å². The highest BCUT2D eigenvalue weighted by atomic mass is 32.1. The van der Waals surface area contributed by atoms with Crippen LogP contribution in [0.1, 0.15) is 15.2 Å². The van der Waals surface area contributed by atoms with Crippen molar-refractivity contribution in [2.45, 2.75) is 6.54 Å². The second-order valence-electron chi connectivity index (χ2n) is 3.33. The molecule has 0 bridgehead atoms. The molecule has 0 spiro atoms. The number of thiophene rings is 1. The van der Waals surface area contributed by atoms with Crippen molar-refractivity contribution in [1.82, 2.24) is 10.3 Å². The van der Waals surface area contributed by atoms with Crippen LogP contribution in [0.25, 0.3) is 0 Å². The Morgan fingerprint density at radius 3 is 3.06 bits per heavy atom. The van der Waals surface area contributed by atoms with Crippen LogP contribution in [0.15, 0.2) is 36.0 Å². The van der Waals surface area contributed by atoms with Gasteiger partial charge in [0, 0.05) is 17.3 Å². The van der Waals surface area contributed by atoms with Crippen molar-refractivity contribution in [3.05, 3.63) is 46.4 Å². The highest BCUT2D eigenvalue weighted by Crippen LogP contribution is 2.12. The Morgan fingerprint density at radius 2 is 2.35 bits per heavy atom. The summed E-state index contributed by atoms with van der Waals surface area (Å²) in [5, 5.41) is 4.78. The highest BCUT2D eigenvalue weighted by molar-refractivity contribution is 7.09. The van der Waals surface area contributed by atoms with Gasteiger partial charge in [0.15, 0.2) is 0 Å². The van der Waals surface area contributed by atoms with Gasteiger partial charge in [0.25, 0.3) is 5.91 Å². The molecule has 0 unspecified atom stereocenters. The largest absolute Gasteiger partial charge is 0.347 e. The number of nitrogens with one attached hydrogen (secondary N) is 2. The van der Waals surface area contributed by atoms with Gasteiger partial charge in [0.05, 0.1) is 17.8 Å². The number of nitrogens with zero attached hydrogens (tertiary/aromatic N) is 1. The second kappa shape index (κ2) is 5.42. The van der Waals surface area contributed by atoms with E-state index in [1.165, 1.54) is 6.20 Å². The van der Waals surface area contributed by atoms with E-state index in [2.05, 4.69) is 15.7 Å². The molecule has 2 rings (SSSR count). The number of hydrazine groups is 1. The Morgan fingerprint density at radius 1 is 1.47 bits per heavy atom. The fraction of sp³-hybridized carbons (Fsp3) is 0.0909. The van der Waals surface area contributed by atoms with Gasteiger partial charge in [-0.15, -0.1) is 11.3 Å². The topological polar surface area (TPSA) is 80.0 Å². The van der Waals surface area contributed by atoms with Crippen LogP contribution < -0.4 is 16.6 Å². The highest BCUT2D eigenvalue weighted by Gasteiger charge is 2.10. The zero-order chi connectivity index (χ0) is 12.1. The normalized spacial score (nSPS) is 9.94. The summed E-state index contributed by atoms with van der Waals surface area (Å²) in [7, 11) is 0. The standard InChI is InChI=1S/C11H12N4OS/c12-15-10-3-4-13-7-9(10)11(16)14-6-8-2-1-5-17-8/h1-5,7H,6,12H2,(H,13,15)(H,14,16). The molecule has 6 heteroatoms. The second-order valence-corrected chi connectivity index (χ2v) is 4.36. The molecular weight excluding hydrogens is 236 g/mol. The number of pyridine rings is 1. The Kier molecular flexibility index (Phi) is 3.69. The molecule has 0 aliphatic carbocycles. The number of rotatable bonds is 4. The zero-order valence-corrected chi connectivity index (χ0v) is 9.83. The summed E-state index contributed by atoms with van der Waals surface area (Å²) in [6.07, 6.45) is 3.06. The van der Waals surface area contributed by atoms with E-state index in [9.17, 15) is 4.79 Å². The number of amides is 1. The van der Waals surface area contributed by atoms with Crippen molar-refractivity contribution in [3.8, 4) is 0 Å². The monoisotopic (exact) mass is 248 g/mol. The maximum Gasteiger partial charge on any atom is 0.255 e. The fourth-order valence-electron chi connectivity index (χ4n) is 1.38. The molecule has 0 fully saturated rings. The lowest BCUT2D eigenvalue weighted by Crippen LogP contribution is -2.24. The maximum atomic E-state index is 11.9. The Labute approximate surface area is 103 Å². The van der Waals surface area contributed by atoms with E-state index in [1.54, 1.807) is 23.6 Å². The molecule has 2 heterocycles. The first-order valence-electron chi connectivity index (χ1n) is 5.02. The molecular formula is C11H12N4OS. The molecule has 5 nitrogen and oxygen atoms in total. The van der Waals surface area contributed by atoms with Crippen LogP contribution in [0.2, 0.25) is 0 Å². The number of nitrogen functional groups attached to an aromatic ring is 1. The third-order valence-corrected chi connectivity index (χ3v) is 3.10. The van der Waals surface area contributed by atoms with E-state index in [0.29, 0.717) is 17.8 Å². The predicted molar refractivity (Wildman–Crippen MR) is 67.5 cm³/mol. The molecule has 0 saturated carbocycles. The molecule has 88 valence electrons. The molecule has 0 aromatic carbocycles. The Balaban J connectivity index is 2.04. The Hall–Kier alpha value is -1.92.